The minimum atomic E-state index is -0.104. The Morgan fingerprint density at radius 2 is 1.76 bits per heavy atom. The summed E-state index contributed by atoms with van der Waals surface area (Å²) in [6.07, 6.45) is 4.43. The summed E-state index contributed by atoms with van der Waals surface area (Å²) in [5.74, 6) is 0.122. The molecule has 0 unspecified atom stereocenters. The highest BCUT2D eigenvalue weighted by Gasteiger charge is 2.33. The zero-order valence-corrected chi connectivity index (χ0v) is 18.0. The Hall–Kier alpha value is -2.50. The van der Waals surface area contributed by atoms with Crippen LogP contribution in [0.4, 0.5) is 0 Å². The number of H-pyrrole nitrogens is 1. The third kappa shape index (κ3) is 4.92. The minimum Gasteiger partial charge on any atom is -0.355 e. The van der Waals surface area contributed by atoms with Gasteiger partial charge in [-0.15, -0.1) is 0 Å². The molecule has 1 aliphatic rings. The molecule has 0 radical (unpaired) electrons. The second kappa shape index (κ2) is 9.33. The van der Waals surface area contributed by atoms with Gasteiger partial charge in [0.2, 0.25) is 5.78 Å². The predicted octanol–water partition coefficient (Wildman–Crippen LogP) is 0.902. The lowest BCUT2D eigenvalue weighted by Crippen LogP contribution is -3.29. The van der Waals surface area contributed by atoms with Gasteiger partial charge in [-0.2, -0.15) is 0 Å². The van der Waals surface area contributed by atoms with Crippen LogP contribution in [0.1, 0.15) is 51.5 Å². The Morgan fingerprint density at radius 1 is 1.10 bits per heavy atom. The van der Waals surface area contributed by atoms with Crippen molar-refractivity contribution in [2.75, 3.05) is 32.7 Å². The van der Waals surface area contributed by atoms with Gasteiger partial charge in [0, 0.05) is 11.3 Å². The summed E-state index contributed by atoms with van der Waals surface area (Å²) < 4.78 is 0. The number of aromatic nitrogens is 1. The first-order valence-electron chi connectivity index (χ1n) is 10.5. The maximum atomic E-state index is 13.1. The molecule has 29 heavy (non-hydrogen) atoms. The smallest absolute Gasteiger partial charge is 0.235 e. The highest BCUT2D eigenvalue weighted by molar-refractivity contribution is 6.04. The SMILES string of the molecule is CC(=O)c1c(C)[nH]c(C(=O)[C@H](C)[NH+]2CC[NH+](C/C=C/c3ccccc3)CC2)c1C. The molecule has 0 bridgehead atoms. The molecule has 1 fully saturated rings. The third-order valence-electron chi connectivity index (χ3n) is 6.16. The number of ketones is 2. The van der Waals surface area contributed by atoms with Crippen LogP contribution < -0.4 is 9.80 Å². The Morgan fingerprint density at radius 3 is 2.34 bits per heavy atom. The van der Waals surface area contributed by atoms with E-state index in [-0.39, 0.29) is 17.6 Å². The van der Waals surface area contributed by atoms with Gasteiger partial charge in [-0.25, -0.2) is 0 Å². The molecule has 1 atom stereocenters. The highest BCUT2D eigenvalue weighted by Crippen LogP contribution is 2.19. The molecule has 2 aromatic rings. The van der Waals surface area contributed by atoms with Crippen LogP contribution in [0.3, 0.4) is 0 Å². The molecule has 1 aromatic carbocycles. The molecule has 3 N–H and O–H groups in total. The van der Waals surface area contributed by atoms with E-state index in [1.165, 1.54) is 10.5 Å². The maximum absolute atomic E-state index is 13.1. The number of piperazine rings is 1. The van der Waals surface area contributed by atoms with E-state index in [2.05, 4.69) is 41.4 Å². The Labute approximate surface area is 173 Å². The lowest BCUT2D eigenvalue weighted by molar-refractivity contribution is -1.02. The lowest BCUT2D eigenvalue weighted by atomic mass is 10.0. The molecule has 5 nitrogen and oxygen atoms in total. The third-order valence-corrected chi connectivity index (χ3v) is 6.16. The molecule has 0 aliphatic carbocycles. The first-order valence-corrected chi connectivity index (χ1v) is 10.5. The van der Waals surface area contributed by atoms with Gasteiger partial charge in [0.05, 0.1) is 12.2 Å². The Balaban J connectivity index is 1.55. The van der Waals surface area contributed by atoms with E-state index in [1.807, 2.05) is 26.8 Å². The first kappa shape index (κ1) is 21.2. The number of rotatable bonds is 7. The predicted molar refractivity (Wildman–Crippen MR) is 116 cm³/mol. The maximum Gasteiger partial charge on any atom is 0.235 e. The molecule has 3 rings (SSSR count). The topological polar surface area (TPSA) is 58.8 Å². The molecule has 154 valence electrons. The van der Waals surface area contributed by atoms with Gasteiger partial charge in [-0.05, 0) is 44.9 Å². The standard InChI is InChI=1S/C24H31N3O2/c1-17-22(20(4)28)18(2)25-23(17)24(29)19(3)27-15-13-26(14-16-27)12-8-11-21-9-6-5-7-10-21/h5-11,19,25H,12-16H2,1-4H3/p+2/b11-8+/t19-/m0/s1. The number of aromatic amines is 1. The largest absolute Gasteiger partial charge is 0.355 e. The second-order valence-corrected chi connectivity index (χ2v) is 8.19. The molecule has 5 heteroatoms. The van der Waals surface area contributed by atoms with Crippen molar-refractivity contribution in [3.8, 4) is 0 Å². The van der Waals surface area contributed by atoms with Crippen molar-refractivity contribution in [1.82, 2.24) is 4.98 Å². The van der Waals surface area contributed by atoms with Crippen molar-refractivity contribution in [3.05, 3.63) is 64.5 Å². The van der Waals surface area contributed by atoms with Gasteiger partial charge in [0.25, 0.3) is 0 Å². The normalized spacial score (nSPS) is 20.7. The first-order chi connectivity index (χ1) is 13.9. The van der Waals surface area contributed by atoms with Crippen LogP contribution >= 0.6 is 0 Å². The van der Waals surface area contributed by atoms with E-state index >= 15 is 0 Å². The van der Waals surface area contributed by atoms with E-state index in [0.29, 0.717) is 11.3 Å². The van der Waals surface area contributed by atoms with E-state index in [4.69, 9.17) is 0 Å². The van der Waals surface area contributed by atoms with E-state index in [0.717, 1.165) is 44.0 Å². The van der Waals surface area contributed by atoms with Crippen LogP contribution in [0, 0.1) is 13.8 Å². The molecule has 1 saturated heterocycles. The Bertz CT molecular complexity index is 890. The van der Waals surface area contributed by atoms with Gasteiger partial charge >= 0.3 is 0 Å². The van der Waals surface area contributed by atoms with Gasteiger partial charge in [0.1, 0.15) is 26.2 Å². The number of aryl methyl sites for hydroxylation is 1. The number of Topliss-reactive ketones (excluding diaryl/α,β-unsaturated/α-hetero) is 2. The van der Waals surface area contributed by atoms with E-state index in [1.54, 1.807) is 11.8 Å². The Kier molecular flexibility index (Phi) is 6.83. The summed E-state index contributed by atoms with van der Waals surface area (Å²) in [7, 11) is 0. The van der Waals surface area contributed by atoms with Gasteiger partial charge in [0.15, 0.2) is 11.8 Å². The molecular formula is C24H33N3O2+2. The summed E-state index contributed by atoms with van der Waals surface area (Å²) in [5, 5.41) is 0. The fraction of sp³-hybridized carbons (Fsp3) is 0.417. The molecular weight excluding hydrogens is 362 g/mol. The van der Waals surface area contributed by atoms with Gasteiger partial charge in [-0.1, -0.05) is 36.4 Å². The zero-order valence-electron chi connectivity index (χ0n) is 18.0. The molecule has 0 saturated carbocycles. The molecule has 1 aromatic heterocycles. The van der Waals surface area contributed by atoms with Crippen molar-refractivity contribution >= 4 is 17.6 Å². The van der Waals surface area contributed by atoms with Gasteiger partial charge in [-0.3, -0.25) is 9.59 Å². The number of quaternary nitrogens is 2. The highest BCUT2D eigenvalue weighted by atomic mass is 16.1. The van der Waals surface area contributed by atoms with Crippen molar-refractivity contribution in [2.24, 2.45) is 0 Å². The number of carbonyl (C=O) groups excluding carboxylic acids is 2. The number of hydrogen-bond acceptors (Lipinski definition) is 2. The average Bonchev–Trinajstić information content (AvgIpc) is 3.02. The molecule has 0 spiro atoms. The molecule has 1 aliphatic heterocycles. The van der Waals surface area contributed by atoms with Crippen molar-refractivity contribution < 1.29 is 19.4 Å². The van der Waals surface area contributed by atoms with Gasteiger partial charge < -0.3 is 14.8 Å². The van der Waals surface area contributed by atoms with Crippen molar-refractivity contribution in [2.45, 2.75) is 33.7 Å². The summed E-state index contributed by atoms with van der Waals surface area (Å²) in [5.41, 5.74) is 4.08. The quantitative estimate of drug-likeness (QED) is 0.610. The fourth-order valence-electron chi connectivity index (χ4n) is 4.41. The lowest BCUT2D eigenvalue weighted by Gasteiger charge is -2.32. The summed E-state index contributed by atoms with van der Waals surface area (Å²) in [6.45, 7) is 12.4. The number of benzene rings is 1. The van der Waals surface area contributed by atoms with Crippen LogP contribution in [0.15, 0.2) is 36.4 Å². The van der Waals surface area contributed by atoms with Crippen LogP contribution in [0.2, 0.25) is 0 Å². The van der Waals surface area contributed by atoms with Crippen LogP contribution in [-0.2, 0) is 0 Å². The van der Waals surface area contributed by atoms with Crippen LogP contribution in [0.25, 0.3) is 6.08 Å². The summed E-state index contributed by atoms with van der Waals surface area (Å²) >= 11 is 0. The zero-order chi connectivity index (χ0) is 21.0. The van der Waals surface area contributed by atoms with E-state index in [9.17, 15) is 9.59 Å². The average molecular weight is 396 g/mol. The van der Waals surface area contributed by atoms with Crippen molar-refractivity contribution in [1.29, 1.82) is 0 Å². The van der Waals surface area contributed by atoms with Crippen LogP contribution in [-0.4, -0.2) is 55.3 Å². The second-order valence-electron chi connectivity index (χ2n) is 8.19. The molecule has 2 heterocycles. The summed E-state index contributed by atoms with van der Waals surface area (Å²) in [6, 6.07) is 10.3. The fourth-order valence-corrected chi connectivity index (χ4v) is 4.41. The minimum absolute atomic E-state index is 0.0103. The van der Waals surface area contributed by atoms with E-state index < -0.39 is 0 Å². The van der Waals surface area contributed by atoms with Crippen molar-refractivity contribution in [3.63, 3.8) is 0 Å². The monoisotopic (exact) mass is 395 g/mol. The number of nitrogens with one attached hydrogen (secondary N) is 3. The molecule has 0 amide bonds. The number of carbonyl (C=O) groups is 2. The summed E-state index contributed by atoms with van der Waals surface area (Å²) in [4.78, 5) is 31.0. The van der Waals surface area contributed by atoms with Crippen LogP contribution in [0.5, 0.6) is 0 Å². The number of hydrogen-bond donors (Lipinski definition) is 3.